The van der Waals surface area contributed by atoms with Crippen molar-refractivity contribution in [3.05, 3.63) is 39.4 Å². The second-order valence-electron chi connectivity index (χ2n) is 3.96. The molecular weight excluding hydrogens is 374 g/mol. The summed E-state index contributed by atoms with van der Waals surface area (Å²) in [5.41, 5.74) is 2.57. The molecule has 2 heterocycles. The van der Waals surface area contributed by atoms with E-state index in [1.807, 2.05) is 24.3 Å². The molecule has 0 bridgehead atoms. The largest absolute Gasteiger partial charge is 0.496 e. The molecule has 3 rings (SSSR count). The lowest BCUT2D eigenvalue weighted by Gasteiger charge is -2.04. The van der Waals surface area contributed by atoms with Crippen molar-refractivity contribution < 1.29 is 4.74 Å². The van der Waals surface area contributed by atoms with E-state index in [2.05, 4.69) is 46.8 Å². The number of ether oxygens (including phenoxy) is 1. The van der Waals surface area contributed by atoms with E-state index in [1.165, 1.54) is 0 Å². The van der Waals surface area contributed by atoms with Gasteiger partial charge in [-0.1, -0.05) is 0 Å². The van der Waals surface area contributed by atoms with Crippen LogP contribution in [0, 0.1) is 0 Å². The third-order valence-corrected chi connectivity index (χ3v) is 3.78. The topological polar surface area (TPSA) is 50.8 Å². The monoisotopic (exact) mass is 381 g/mol. The highest BCUT2D eigenvalue weighted by Gasteiger charge is 2.09. The van der Waals surface area contributed by atoms with Gasteiger partial charge in [0.25, 0.3) is 0 Å². The fraction of sp³-hybridized carbons (Fsp3) is 0.0769. The molecule has 3 aromatic rings. The van der Waals surface area contributed by atoms with Crippen LogP contribution in [0.15, 0.2) is 39.4 Å². The van der Waals surface area contributed by atoms with Gasteiger partial charge in [-0.2, -0.15) is 0 Å². The summed E-state index contributed by atoms with van der Waals surface area (Å²) < 4.78 is 7.03. The summed E-state index contributed by atoms with van der Waals surface area (Å²) in [5.74, 6) is 1.57. The van der Waals surface area contributed by atoms with Gasteiger partial charge < -0.3 is 9.72 Å². The van der Waals surface area contributed by atoms with Crippen molar-refractivity contribution in [3.63, 3.8) is 0 Å². The SMILES string of the molecule is COc1ccc(-c2nc3ncc(Br)cc3[nH]2)cc1Br. The maximum atomic E-state index is 5.21. The van der Waals surface area contributed by atoms with Gasteiger partial charge in [-0.05, 0) is 56.1 Å². The number of aromatic amines is 1. The number of benzene rings is 1. The number of methoxy groups -OCH3 is 1. The van der Waals surface area contributed by atoms with Crippen LogP contribution in [-0.4, -0.2) is 22.1 Å². The fourth-order valence-electron chi connectivity index (χ4n) is 1.82. The van der Waals surface area contributed by atoms with Crippen LogP contribution >= 0.6 is 31.9 Å². The van der Waals surface area contributed by atoms with E-state index in [0.29, 0.717) is 5.65 Å². The Labute approximate surface area is 126 Å². The van der Waals surface area contributed by atoms with Crippen LogP contribution in [0.5, 0.6) is 5.75 Å². The number of hydrogen-bond donors (Lipinski definition) is 1. The van der Waals surface area contributed by atoms with Gasteiger partial charge in [-0.25, -0.2) is 9.97 Å². The van der Waals surface area contributed by atoms with Crippen LogP contribution in [0.1, 0.15) is 0 Å². The Balaban J connectivity index is 2.11. The second kappa shape index (κ2) is 4.94. The average Bonchev–Trinajstić information content (AvgIpc) is 2.81. The molecule has 0 aliphatic heterocycles. The van der Waals surface area contributed by atoms with Crippen molar-refractivity contribution in [2.45, 2.75) is 0 Å². The van der Waals surface area contributed by atoms with Crippen molar-refractivity contribution >= 4 is 43.0 Å². The molecule has 0 radical (unpaired) electrons. The highest BCUT2D eigenvalue weighted by atomic mass is 79.9. The quantitative estimate of drug-likeness (QED) is 0.723. The minimum atomic E-state index is 0.699. The minimum absolute atomic E-state index is 0.699. The first-order chi connectivity index (χ1) is 9.17. The first-order valence-corrected chi connectivity index (χ1v) is 7.11. The Hall–Kier alpha value is -1.40. The van der Waals surface area contributed by atoms with E-state index in [9.17, 15) is 0 Å². The normalized spacial score (nSPS) is 10.9. The number of pyridine rings is 1. The molecule has 0 aliphatic rings. The molecule has 19 heavy (non-hydrogen) atoms. The average molecular weight is 383 g/mol. The zero-order valence-electron chi connectivity index (χ0n) is 9.95. The van der Waals surface area contributed by atoms with Gasteiger partial charge in [0.15, 0.2) is 5.65 Å². The van der Waals surface area contributed by atoms with Gasteiger partial charge >= 0.3 is 0 Å². The van der Waals surface area contributed by atoms with E-state index >= 15 is 0 Å². The first-order valence-electron chi connectivity index (χ1n) is 5.52. The number of halogens is 2. The number of aromatic nitrogens is 3. The smallest absolute Gasteiger partial charge is 0.178 e. The molecule has 1 N–H and O–H groups in total. The van der Waals surface area contributed by atoms with E-state index in [4.69, 9.17) is 4.74 Å². The van der Waals surface area contributed by atoms with Crippen molar-refractivity contribution in [2.75, 3.05) is 7.11 Å². The number of nitrogens with one attached hydrogen (secondary N) is 1. The second-order valence-corrected chi connectivity index (χ2v) is 5.73. The summed E-state index contributed by atoms with van der Waals surface area (Å²) in [4.78, 5) is 12.0. The summed E-state index contributed by atoms with van der Waals surface area (Å²) in [7, 11) is 1.64. The van der Waals surface area contributed by atoms with Crippen LogP contribution in [-0.2, 0) is 0 Å². The van der Waals surface area contributed by atoms with Gasteiger partial charge in [0.1, 0.15) is 11.6 Å². The maximum Gasteiger partial charge on any atom is 0.178 e. The Kier molecular flexibility index (Phi) is 3.28. The molecule has 0 atom stereocenters. The van der Waals surface area contributed by atoms with Crippen LogP contribution in [0.2, 0.25) is 0 Å². The molecule has 0 spiro atoms. The summed E-state index contributed by atoms with van der Waals surface area (Å²) in [6.07, 6.45) is 1.73. The summed E-state index contributed by atoms with van der Waals surface area (Å²) in [6, 6.07) is 7.77. The summed E-state index contributed by atoms with van der Waals surface area (Å²) >= 11 is 6.86. The number of imidazole rings is 1. The molecule has 1 aromatic carbocycles. The Morgan fingerprint density at radius 1 is 1.21 bits per heavy atom. The van der Waals surface area contributed by atoms with Crippen LogP contribution in [0.3, 0.4) is 0 Å². The van der Waals surface area contributed by atoms with Gasteiger partial charge in [-0.15, -0.1) is 0 Å². The molecule has 4 nitrogen and oxygen atoms in total. The summed E-state index contributed by atoms with van der Waals surface area (Å²) in [6.45, 7) is 0. The van der Waals surface area contributed by atoms with Gasteiger partial charge in [-0.3, -0.25) is 0 Å². The zero-order chi connectivity index (χ0) is 13.4. The number of nitrogens with zero attached hydrogens (tertiary/aromatic N) is 2. The van der Waals surface area contributed by atoms with Crippen LogP contribution in [0.4, 0.5) is 0 Å². The van der Waals surface area contributed by atoms with E-state index in [1.54, 1.807) is 13.3 Å². The molecule has 0 saturated heterocycles. The molecule has 0 amide bonds. The molecule has 0 unspecified atom stereocenters. The zero-order valence-corrected chi connectivity index (χ0v) is 13.1. The predicted octanol–water partition coefficient (Wildman–Crippen LogP) is 4.16. The van der Waals surface area contributed by atoms with Gasteiger partial charge in [0.05, 0.1) is 17.1 Å². The third kappa shape index (κ3) is 2.37. The lowest BCUT2D eigenvalue weighted by Crippen LogP contribution is -1.86. The lowest BCUT2D eigenvalue weighted by atomic mass is 10.2. The standard InChI is InChI=1S/C13H9Br2N3O/c1-19-11-3-2-7(4-9(11)15)12-17-10-5-8(14)6-16-13(10)18-12/h2-6H,1H3,(H,16,17,18). The Bertz CT molecular complexity index is 755. The first kappa shape index (κ1) is 12.6. The number of H-pyrrole nitrogens is 1. The minimum Gasteiger partial charge on any atom is -0.496 e. The maximum absolute atomic E-state index is 5.21. The third-order valence-electron chi connectivity index (χ3n) is 2.73. The number of hydrogen-bond acceptors (Lipinski definition) is 3. The van der Waals surface area contributed by atoms with E-state index in [-0.39, 0.29) is 0 Å². The molecular formula is C13H9Br2N3O. The number of fused-ring (bicyclic) bond motifs is 1. The highest BCUT2D eigenvalue weighted by molar-refractivity contribution is 9.10. The molecule has 96 valence electrons. The van der Waals surface area contributed by atoms with E-state index in [0.717, 1.165) is 31.6 Å². The van der Waals surface area contributed by atoms with Crippen molar-refractivity contribution in [2.24, 2.45) is 0 Å². The fourth-order valence-corrected chi connectivity index (χ4v) is 2.70. The molecule has 2 aromatic heterocycles. The van der Waals surface area contributed by atoms with Gasteiger partial charge in [0, 0.05) is 16.2 Å². The molecule has 0 fully saturated rings. The van der Waals surface area contributed by atoms with Gasteiger partial charge in [0.2, 0.25) is 0 Å². The van der Waals surface area contributed by atoms with Crippen molar-refractivity contribution in [1.29, 1.82) is 0 Å². The summed E-state index contributed by atoms with van der Waals surface area (Å²) in [5, 5.41) is 0. The molecule has 0 saturated carbocycles. The van der Waals surface area contributed by atoms with Crippen molar-refractivity contribution in [3.8, 4) is 17.1 Å². The molecule has 0 aliphatic carbocycles. The highest BCUT2D eigenvalue weighted by Crippen LogP contribution is 2.30. The van der Waals surface area contributed by atoms with Crippen molar-refractivity contribution in [1.82, 2.24) is 15.0 Å². The van der Waals surface area contributed by atoms with Crippen LogP contribution in [0.25, 0.3) is 22.6 Å². The number of rotatable bonds is 2. The predicted molar refractivity (Wildman–Crippen MR) is 81.3 cm³/mol. The Morgan fingerprint density at radius 3 is 2.79 bits per heavy atom. The molecule has 6 heteroatoms. The lowest BCUT2D eigenvalue weighted by molar-refractivity contribution is 0.412. The van der Waals surface area contributed by atoms with Crippen LogP contribution < -0.4 is 4.74 Å². The Morgan fingerprint density at radius 2 is 2.05 bits per heavy atom. The van der Waals surface area contributed by atoms with E-state index < -0.39 is 0 Å².